The minimum Gasteiger partial charge on any atom is -0.481 e. The molecule has 3 aromatic rings. The Morgan fingerprint density at radius 1 is 1.21 bits per heavy atom. The number of nitrogens with one attached hydrogen (secondary N) is 2. The van der Waals surface area contributed by atoms with Crippen LogP contribution in [0.5, 0.6) is 5.75 Å². The number of ether oxygens (including phenoxy) is 1. The lowest BCUT2D eigenvalue weighted by Gasteiger charge is -2.06. The average molecular weight is 399 g/mol. The number of hydrazone groups is 1. The van der Waals surface area contributed by atoms with E-state index in [4.69, 9.17) is 21.4 Å². The van der Waals surface area contributed by atoms with Gasteiger partial charge in [0.1, 0.15) is 11.4 Å². The molecule has 9 heteroatoms. The van der Waals surface area contributed by atoms with Crippen LogP contribution >= 0.6 is 11.6 Å². The predicted octanol–water partition coefficient (Wildman–Crippen LogP) is 2.96. The van der Waals surface area contributed by atoms with Crippen molar-refractivity contribution in [3.05, 3.63) is 70.9 Å². The minimum atomic E-state index is -1.09. The first-order valence-corrected chi connectivity index (χ1v) is 8.49. The molecule has 0 fully saturated rings. The Morgan fingerprint density at radius 3 is 2.71 bits per heavy atom. The number of halogens is 1. The number of carbonyl (C=O) groups excluding carboxylic acids is 1. The highest BCUT2D eigenvalue weighted by Crippen LogP contribution is 2.20. The summed E-state index contributed by atoms with van der Waals surface area (Å²) in [5.41, 5.74) is 4.55. The molecule has 1 amide bonds. The lowest BCUT2D eigenvalue weighted by atomic mass is 10.1. The molecule has 0 spiro atoms. The molecule has 0 aliphatic heterocycles. The van der Waals surface area contributed by atoms with Crippen molar-refractivity contribution in [2.45, 2.75) is 0 Å². The third kappa shape index (κ3) is 4.95. The quantitative estimate of drug-likeness (QED) is 0.418. The normalized spacial score (nSPS) is 10.8. The van der Waals surface area contributed by atoms with Crippen LogP contribution in [0.2, 0.25) is 5.02 Å². The number of benzene rings is 2. The van der Waals surface area contributed by atoms with Crippen molar-refractivity contribution in [1.29, 1.82) is 0 Å². The highest BCUT2D eigenvalue weighted by atomic mass is 35.5. The van der Waals surface area contributed by atoms with Crippen molar-refractivity contribution in [3.63, 3.8) is 0 Å². The maximum absolute atomic E-state index is 12.2. The number of carbonyl (C=O) groups is 2. The molecule has 1 heterocycles. The zero-order valence-corrected chi connectivity index (χ0v) is 15.2. The Labute approximate surface area is 164 Å². The smallest absolute Gasteiger partial charge is 0.341 e. The maximum atomic E-state index is 12.2. The first kappa shape index (κ1) is 19.1. The molecule has 28 heavy (non-hydrogen) atoms. The number of amides is 1. The van der Waals surface area contributed by atoms with Gasteiger partial charge >= 0.3 is 5.97 Å². The van der Waals surface area contributed by atoms with Gasteiger partial charge in [-0.25, -0.2) is 10.2 Å². The summed E-state index contributed by atoms with van der Waals surface area (Å²) in [5, 5.41) is 20.0. The third-order valence-corrected chi connectivity index (χ3v) is 3.85. The van der Waals surface area contributed by atoms with Gasteiger partial charge in [-0.1, -0.05) is 35.9 Å². The van der Waals surface area contributed by atoms with Crippen LogP contribution in [0.3, 0.4) is 0 Å². The zero-order chi connectivity index (χ0) is 19.9. The molecule has 0 bridgehead atoms. The Hall–Kier alpha value is -3.65. The monoisotopic (exact) mass is 398 g/mol. The SMILES string of the molecule is O=C(O)COc1ccccc1C=NNC(=O)c1cc(-c2ccc(Cl)cc2)n[nH]1. The lowest BCUT2D eigenvalue weighted by molar-refractivity contribution is -0.139. The maximum Gasteiger partial charge on any atom is 0.341 e. The second kappa shape index (κ2) is 8.83. The molecule has 8 nitrogen and oxygen atoms in total. The van der Waals surface area contributed by atoms with Gasteiger partial charge in [-0.05, 0) is 30.3 Å². The number of hydrogen-bond donors (Lipinski definition) is 3. The number of hydrogen-bond acceptors (Lipinski definition) is 5. The summed E-state index contributed by atoms with van der Waals surface area (Å²) in [7, 11) is 0. The van der Waals surface area contributed by atoms with E-state index in [-0.39, 0.29) is 5.69 Å². The van der Waals surface area contributed by atoms with Crippen LogP contribution in [0, 0.1) is 0 Å². The summed E-state index contributed by atoms with van der Waals surface area (Å²) < 4.78 is 5.17. The van der Waals surface area contributed by atoms with Crippen LogP contribution in [0.4, 0.5) is 0 Å². The number of carboxylic acids is 1. The number of para-hydroxylation sites is 1. The lowest BCUT2D eigenvalue weighted by Crippen LogP contribution is -2.18. The summed E-state index contributed by atoms with van der Waals surface area (Å²) in [6.07, 6.45) is 1.37. The van der Waals surface area contributed by atoms with Crippen molar-refractivity contribution in [3.8, 4) is 17.0 Å². The molecule has 3 rings (SSSR count). The molecule has 0 saturated heterocycles. The van der Waals surface area contributed by atoms with Crippen LogP contribution in [0.15, 0.2) is 59.7 Å². The predicted molar refractivity (Wildman–Crippen MR) is 104 cm³/mol. The van der Waals surface area contributed by atoms with Crippen molar-refractivity contribution < 1.29 is 19.4 Å². The van der Waals surface area contributed by atoms with E-state index < -0.39 is 18.5 Å². The van der Waals surface area contributed by atoms with Crippen LogP contribution in [-0.2, 0) is 4.79 Å². The van der Waals surface area contributed by atoms with E-state index in [1.165, 1.54) is 6.21 Å². The Kier molecular flexibility index (Phi) is 6.03. The molecule has 0 aliphatic rings. The number of rotatable bonds is 7. The first-order chi connectivity index (χ1) is 13.5. The fourth-order valence-electron chi connectivity index (χ4n) is 2.29. The van der Waals surface area contributed by atoms with Gasteiger partial charge in [-0.15, -0.1) is 0 Å². The molecule has 0 atom stereocenters. The molecular weight excluding hydrogens is 384 g/mol. The highest BCUT2D eigenvalue weighted by molar-refractivity contribution is 6.30. The van der Waals surface area contributed by atoms with Gasteiger partial charge in [-0.2, -0.15) is 10.2 Å². The van der Waals surface area contributed by atoms with E-state index in [0.29, 0.717) is 22.0 Å². The van der Waals surface area contributed by atoms with Gasteiger partial charge in [0.25, 0.3) is 5.91 Å². The summed E-state index contributed by atoms with van der Waals surface area (Å²) in [5.74, 6) is -1.22. The van der Waals surface area contributed by atoms with Gasteiger partial charge in [0.05, 0.1) is 11.9 Å². The van der Waals surface area contributed by atoms with E-state index in [2.05, 4.69) is 20.7 Å². The molecule has 0 radical (unpaired) electrons. The van der Waals surface area contributed by atoms with Gasteiger partial charge in [0, 0.05) is 16.1 Å². The number of aliphatic carboxylic acids is 1. The van der Waals surface area contributed by atoms with Crippen LogP contribution in [0.1, 0.15) is 16.1 Å². The second-order valence-corrected chi connectivity index (χ2v) is 6.03. The summed E-state index contributed by atoms with van der Waals surface area (Å²) >= 11 is 5.86. The zero-order valence-electron chi connectivity index (χ0n) is 14.4. The molecule has 0 saturated carbocycles. The van der Waals surface area contributed by atoms with E-state index >= 15 is 0 Å². The molecule has 0 aliphatic carbocycles. The fourth-order valence-corrected chi connectivity index (χ4v) is 2.41. The number of H-pyrrole nitrogens is 1. The van der Waals surface area contributed by atoms with Crippen LogP contribution in [0.25, 0.3) is 11.3 Å². The van der Waals surface area contributed by atoms with Crippen molar-refractivity contribution >= 4 is 29.7 Å². The minimum absolute atomic E-state index is 0.234. The van der Waals surface area contributed by atoms with Gasteiger partial charge < -0.3 is 9.84 Å². The van der Waals surface area contributed by atoms with E-state index in [1.807, 2.05) is 0 Å². The Balaban J connectivity index is 1.65. The van der Waals surface area contributed by atoms with E-state index in [9.17, 15) is 9.59 Å². The topological polar surface area (TPSA) is 117 Å². The fraction of sp³-hybridized carbons (Fsp3) is 0.0526. The molecule has 3 N–H and O–H groups in total. The van der Waals surface area contributed by atoms with Crippen molar-refractivity contribution in [2.24, 2.45) is 5.10 Å². The number of aromatic nitrogens is 2. The summed E-state index contributed by atoms with van der Waals surface area (Å²) in [6, 6.07) is 15.4. The van der Waals surface area contributed by atoms with E-state index in [0.717, 1.165) is 5.56 Å². The molecular formula is C19H15ClN4O4. The third-order valence-electron chi connectivity index (χ3n) is 3.60. The molecule has 1 aromatic heterocycles. The highest BCUT2D eigenvalue weighted by Gasteiger charge is 2.10. The number of aromatic amines is 1. The van der Waals surface area contributed by atoms with E-state index in [1.54, 1.807) is 54.6 Å². The average Bonchev–Trinajstić information content (AvgIpc) is 3.18. The number of nitrogens with zero attached hydrogens (tertiary/aromatic N) is 2. The molecule has 142 valence electrons. The summed E-state index contributed by atoms with van der Waals surface area (Å²) in [4.78, 5) is 22.8. The largest absolute Gasteiger partial charge is 0.481 e. The number of carboxylic acid groups (broad SMARTS) is 1. The second-order valence-electron chi connectivity index (χ2n) is 5.59. The molecule has 2 aromatic carbocycles. The van der Waals surface area contributed by atoms with Gasteiger partial charge in [0.15, 0.2) is 6.61 Å². The van der Waals surface area contributed by atoms with Crippen LogP contribution in [-0.4, -0.2) is 40.0 Å². The first-order valence-electron chi connectivity index (χ1n) is 8.11. The van der Waals surface area contributed by atoms with Gasteiger partial charge in [-0.3, -0.25) is 9.89 Å². The Bertz CT molecular complexity index is 1010. The summed E-state index contributed by atoms with van der Waals surface area (Å²) in [6.45, 7) is -0.473. The van der Waals surface area contributed by atoms with Crippen LogP contribution < -0.4 is 10.2 Å². The van der Waals surface area contributed by atoms with Crippen molar-refractivity contribution in [2.75, 3.05) is 6.61 Å². The van der Waals surface area contributed by atoms with Gasteiger partial charge in [0.2, 0.25) is 0 Å². The standard InChI is InChI=1S/C19H15ClN4O4/c20-14-7-5-12(6-8-14)15-9-16(23-22-15)19(27)24-21-10-13-3-1-2-4-17(13)28-11-18(25)26/h1-10H,11H2,(H,22,23)(H,24,27)(H,25,26). The van der Waals surface area contributed by atoms with Crippen molar-refractivity contribution in [1.82, 2.24) is 15.6 Å². The molecule has 0 unspecified atom stereocenters. The Morgan fingerprint density at radius 2 is 1.96 bits per heavy atom.